The van der Waals surface area contributed by atoms with E-state index in [1.165, 1.54) is 12.3 Å². The second-order valence-electron chi connectivity index (χ2n) is 3.95. The molecule has 0 atom stereocenters. The summed E-state index contributed by atoms with van der Waals surface area (Å²) in [6, 6.07) is 1.37. The standard InChI is InChI=1S/C9H11BrN2O3/c1-9(2,3)15-8-7(12(13)14)4-6(10)5-11-8/h4-5H,1-3H3. The molecule has 15 heavy (non-hydrogen) atoms. The van der Waals surface area contributed by atoms with Crippen molar-refractivity contribution in [1.29, 1.82) is 0 Å². The molecule has 0 aromatic carbocycles. The fourth-order valence-corrected chi connectivity index (χ4v) is 1.23. The predicted octanol–water partition coefficient (Wildman–Crippen LogP) is 2.93. The Labute approximate surface area is 95.7 Å². The average Bonchev–Trinajstić information content (AvgIpc) is 2.05. The molecule has 1 aromatic heterocycles. The predicted molar refractivity (Wildman–Crippen MR) is 59.0 cm³/mol. The third kappa shape index (κ3) is 3.47. The van der Waals surface area contributed by atoms with E-state index in [1.807, 2.05) is 0 Å². The molecule has 0 bridgehead atoms. The zero-order chi connectivity index (χ0) is 11.6. The fraction of sp³-hybridized carbons (Fsp3) is 0.444. The summed E-state index contributed by atoms with van der Waals surface area (Å²) in [5.74, 6) is 0.0377. The van der Waals surface area contributed by atoms with Crippen molar-refractivity contribution < 1.29 is 9.66 Å². The number of pyridine rings is 1. The van der Waals surface area contributed by atoms with Crippen LogP contribution in [-0.2, 0) is 0 Å². The summed E-state index contributed by atoms with van der Waals surface area (Å²) in [6.45, 7) is 5.42. The quantitative estimate of drug-likeness (QED) is 0.614. The van der Waals surface area contributed by atoms with Crippen molar-refractivity contribution in [1.82, 2.24) is 4.98 Å². The summed E-state index contributed by atoms with van der Waals surface area (Å²) in [5, 5.41) is 10.7. The van der Waals surface area contributed by atoms with Gasteiger partial charge in [-0.2, -0.15) is 0 Å². The van der Waals surface area contributed by atoms with E-state index in [4.69, 9.17) is 4.74 Å². The van der Waals surface area contributed by atoms with Gasteiger partial charge >= 0.3 is 5.69 Å². The van der Waals surface area contributed by atoms with Crippen LogP contribution in [0.2, 0.25) is 0 Å². The second-order valence-corrected chi connectivity index (χ2v) is 4.87. The van der Waals surface area contributed by atoms with E-state index >= 15 is 0 Å². The van der Waals surface area contributed by atoms with Gasteiger partial charge in [-0.3, -0.25) is 10.1 Å². The van der Waals surface area contributed by atoms with Gasteiger partial charge in [0.1, 0.15) is 5.60 Å². The minimum atomic E-state index is -0.515. The summed E-state index contributed by atoms with van der Waals surface area (Å²) in [5.41, 5.74) is -0.648. The first-order chi connectivity index (χ1) is 6.79. The van der Waals surface area contributed by atoms with Crippen LogP contribution in [0.25, 0.3) is 0 Å². The maximum absolute atomic E-state index is 10.7. The van der Waals surface area contributed by atoms with Gasteiger partial charge < -0.3 is 4.74 Å². The smallest absolute Gasteiger partial charge is 0.332 e. The van der Waals surface area contributed by atoms with E-state index < -0.39 is 10.5 Å². The monoisotopic (exact) mass is 274 g/mol. The molecule has 0 fully saturated rings. The minimum absolute atomic E-state index is 0.0377. The number of nitro groups is 1. The molecular formula is C9H11BrN2O3. The lowest BCUT2D eigenvalue weighted by Gasteiger charge is -2.19. The first-order valence-electron chi connectivity index (χ1n) is 4.28. The molecule has 0 unspecified atom stereocenters. The Morgan fingerprint density at radius 3 is 2.60 bits per heavy atom. The van der Waals surface area contributed by atoms with Crippen LogP contribution >= 0.6 is 15.9 Å². The average molecular weight is 275 g/mol. The van der Waals surface area contributed by atoms with Crippen LogP contribution in [-0.4, -0.2) is 15.5 Å². The van der Waals surface area contributed by atoms with Crippen molar-refractivity contribution in [2.45, 2.75) is 26.4 Å². The highest BCUT2D eigenvalue weighted by Gasteiger charge is 2.22. The van der Waals surface area contributed by atoms with E-state index in [9.17, 15) is 10.1 Å². The zero-order valence-corrected chi connectivity index (χ0v) is 10.2. The molecular weight excluding hydrogens is 264 g/mol. The Kier molecular flexibility index (Phi) is 3.28. The van der Waals surface area contributed by atoms with E-state index in [1.54, 1.807) is 20.8 Å². The van der Waals surface area contributed by atoms with Crippen molar-refractivity contribution >= 4 is 21.6 Å². The minimum Gasteiger partial charge on any atom is -0.467 e. The Hall–Kier alpha value is -1.17. The Balaban J connectivity index is 3.12. The number of rotatable bonds is 2. The molecule has 0 saturated carbocycles. The van der Waals surface area contributed by atoms with Crippen LogP contribution in [0, 0.1) is 10.1 Å². The van der Waals surface area contributed by atoms with Gasteiger partial charge in [-0.05, 0) is 36.7 Å². The van der Waals surface area contributed by atoms with Crippen LogP contribution < -0.4 is 4.74 Å². The van der Waals surface area contributed by atoms with E-state index in [0.29, 0.717) is 4.47 Å². The first kappa shape index (κ1) is 11.9. The van der Waals surface area contributed by atoms with Gasteiger partial charge in [0.05, 0.1) is 4.92 Å². The normalized spacial score (nSPS) is 11.2. The number of aromatic nitrogens is 1. The maximum atomic E-state index is 10.7. The van der Waals surface area contributed by atoms with Gasteiger partial charge in [0.2, 0.25) is 0 Å². The molecule has 0 aliphatic rings. The Morgan fingerprint density at radius 2 is 2.13 bits per heavy atom. The second kappa shape index (κ2) is 4.14. The largest absolute Gasteiger partial charge is 0.467 e. The van der Waals surface area contributed by atoms with Gasteiger partial charge in [0.15, 0.2) is 0 Å². The van der Waals surface area contributed by atoms with Gasteiger partial charge in [-0.25, -0.2) is 4.98 Å². The number of nitrogens with zero attached hydrogens (tertiary/aromatic N) is 2. The molecule has 6 heteroatoms. The lowest BCUT2D eigenvalue weighted by atomic mass is 10.2. The maximum Gasteiger partial charge on any atom is 0.332 e. The molecule has 1 rings (SSSR count). The van der Waals surface area contributed by atoms with Gasteiger partial charge in [0, 0.05) is 16.7 Å². The van der Waals surface area contributed by atoms with Crippen molar-refractivity contribution in [2.75, 3.05) is 0 Å². The van der Waals surface area contributed by atoms with Crippen molar-refractivity contribution in [2.24, 2.45) is 0 Å². The number of halogens is 1. The van der Waals surface area contributed by atoms with Crippen LogP contribution in [0.3, 0.4) is 0 Å². The van der Waals surface area contributed by atoms with Crippen LogP contribution in [0.1, 0.15) is 20.8 Å². The van der Waals surface area contributed by atoms with Crippen molar-refractivity contribution in [3.8, 4) is 5.88 Å². The summed E-state index contributed by atoms with van der Waals surface area (Å²) < 4.78 is 5.93. The highest BCUT2D eigenvalue weighted by Crippen LogP contribution is 2.29. The van der Waals surface area contributed by atoms with Crippen molar-refractivity contribution in [3.05, 3.63) is 26.9 Å². The molecule has 1 heterocycles. The first-order valence-corrected chi connectivity index (χ1v) is 5.08. The van der Waals surface area contributed by atoms with Crippen molar-refractivity contribution in [3.63, 3.8) is 0 Å². The molecule has 0 spiro atoms. The number of ether oxygens (including phenoxy) is 1. The molecule has 5 nitrogen and oxygen atoms in total. The fourth-order valence-electron chi connectivity index (χ4n) is 0.916. The third-order valence-corrected chi connectivity index (χ3v) is 1.83. The molecule has 82 valence electrons. The van der Waals surface area contributed by atoms with Gasteiger partial charge in [-0.15, -0.1) is 0 Å². The van der Waals surface area contributed by atoms with Gasteiger partial charge in [-0.1, -0.05) is 0 Å². The molecule has 0 radical (unpaired) electrons. The van der Waals surface area contributed by atoms with E-state index in [2.05, 4.69) is 20.9 Å². The highest BCUT2D eigenvalue weighted by atomic mass is 79.9. The molecule has 0 amide bonds. The summed E-state index contributed by atoms with van der Waals surface area (Å²) in [4.78, 5) is 14.1. The summed E-state index contributed by atoms with van der Waals surface area (Å²) in [7, 11) is 0. The van der Waals surface area contributed by atoms with Crippen LogP contribution in [0.15, 0.2) is 16.7 Å². The summed E-state index contributed by atoms with van der Waals surface area (Å²) in [6.07, 6.45) is 1.47. The highest BCUT2D eigenvalue weighted by molar-refractivity contribution is 9.10. The number of hydrogen-bond donors (Lipinski definition) is 0. The lowest BCUT2D eigenvalue weighted by molar-refractivity contribution is -0.386. The third-order valence-electron chi connectivity index (χ3n) is 1.40. The zero-order valence-electron chi connectivity index (χ0n) is 8.65. The molecule has 0 aliphatic carbocycles. The summed E-state index contributed by atoms with van der Waals surface area (Å²) >= 11 is 3.12. The molecule has 0 aliphatic heterocycles. The SMILES string of the molecule is CC(C)(C)Oc1ncc(Br)cc1[N+](=O)[O-]. The van der Waals surface area contributed by atoms with Crippen LogP contribution in [0.4, 0.5) is 5.69 Å². The molecule has 0 N–H and O–H groups in total. The van der Waals surface area contributed by atoms with Gasteiger partial charge in [0.25, 0.3) is 5.88 Å². The number of hydrogen-bond acceptors (Lipinski definition) is 4. The topological polar surface area (TPSA) is 65.3 Å². The van der Waals surface area contributed by atoms with E-state index in [0.717, 1.165) is 0 Å². The lowest BCUT2D eigenvalue weighted by Crippen LogP contribution is -2.24. The van der Waals surface area contributed by atoms with Crippen LogP contribution in [0.5, 0.6) is 5.88 Å². The Bertz CT molecular complexity index is 387. The Morgan fingerprint density at radius 1 is 1.53 bits per heavy atom. The molecule has 0 saturated heterocycles. The van der Waals surface area contributed by atoms with E-state index in [-0.39, 0.29) is 11.6 Å². The molecule has 1 aromatic rings.